The van der Waals surface area contributed by atoms with E-state index in [1.165, 1.54) is 22.8 Å². The third-order valence-corrected chi connectivity index (χ3v) is 18.6. The molecule has 3 rings (SSSR count). The van der Waals surface area contributed by atoms with Crippen molar-refractivity contribution in [1.29, 1.82) is 0 Å². The number of nitro benzene ring substituents is 1. The number of anilines is 1. The van der Waals surface area contributed by atoms with Gasteiger partial charge in [-0.3, -0.25) is 19.5 Å². The number of amides is 1. The molecule has 1 saturated heterocycles. The normalized spacial score (nSPS) is 18.7. The van der Waals surface area contributed by atoms with Gasteiger partial charge in [-0.05, 0) is 54.5 Å². The van der Waals surface area contributed by atoms with E-state index in [-0.39, 0.29) is 51.5 Å². The molecule has 2 aromatic rings. The predicted molar refractivity (Wildman–Crippen MR) is 189 cm³/mol. The first-order valence-corrected chi connectivity index (χ1v) is 22.1. The molecule has 0 radical (unpaired) electrons. The average molecular weight is 740 g/mol. The summed E-state index contributed by atoms with van der Waals surface area (Å²) < 4.78 is 58.1. The van der Waals surface area contributed by atoms with E-state index < -0.39 is 52.1 Å². The lowest BCUT2D eigenvalue weighted by atomic mass is 10.1. The summed E-state index contributed by atoms with van der Waals surface area (Å²) in [4.78, 5) is 39.4. The highest BCUT2D eigenvalue weighted by Gasteiger charge is 2.47. The van der Waals surface area contributed by atoms with Gasteiger partial charge in [-0.2, -0.15) is 18.2 Å². The van der Waals surface area contributed by atoms with E-state index in [0.29, 0.717) is 13.0 Å². The number of nitrogens with one attached hydrogen (secondary N) is 2. The van der Waals surface area contributed by atoms with E-state index in [4.69, 9.17) is 13.6 Å². The van der Waals surface area contributed by atoms with Gasteiger partial charge in [0.25, 0.3) is 5.69 Å². The van der Waals surface area contributed by atoms with Crippen LogP contribution < -0.4 is 16.3 Å². The van der Waals surface area contributed by atoms with Crippen LogP contribution in [-0.2, 0) is 24.9 Å². The maximum Gasteiger partial charge on any atom is 0.471 e. The molecule has 0 bridgehead atoms. The zero-order valence-electron chi connectivity index (χ0n) is 30.3. The highest BCUT2D eigenvalue weighted by molar-refractivity contribution is 6.74. The first kappa shape index (κ1) is 40.9. The van der Waals surface area contributed by atoms with Gasteiger partial charge >= 0.3 is 17.8 Å². The summed E-state index contributed by atoms with van der Waals surface area (Å²) in [6.45, 7) is 21.4. The third kappa shape index (κ3) is 10.5. The van der Waals surface area contributed by atoms with Crippen molar-refractivity contribution in [3.8, 4) is 11.8 Å². The second-order valence-electron chi connectivity index (χ2n) is 15.3. The topological polar surface area (TPSA) is 147 Å². The number of alkyl halides is 3. The van der Waals surface area contributed by atoms with Crippen LogP contribution in [-0.4, -0.2) is 68.6 Å². The number of halogens is 3. The number of hydrogen-bond acceptors (Lipinski definition) is 9. The maximum atomic E-state index is 13.3. The SMILES string of the molecule is CC(C)(C)[Si](C)(C)OC[C@H]1O[C@@H](n2ccc(NCc3ccc(C#CCNC(=O)C(F)(F)F)cc3[N+](=O)[O-])nc2=O)C[C@H]1O[Si](C)(C)C(C)(C)C. The Balaban J connectivity index is 1.75. The quantitative estimate of drug-likeness (QED) is 0.114. The van der Waals surface area contributed by atoms with Crippen LogP contribution >= 0.6 is 0 Å². The Morgan fingerprint density at radius 2 is 1.74 bits per heavy atom. The van der Waals surface area contributed by atoms with Crippen LogP contribution in [0.25, 0.3) is 0 Å². The molecule has 0 saturated carbocycles. The molecular weight excluding hydrogens is 692 g/mol. The first-order valence-electron chi connectivity index (χ1n) is 16.2. The molecule has 1 amide bonds. The molecule has 2 heterocycles. The van der Waals surface area contributed by atoms with E-state index in [2.05, 4.69) is 89.9 Å². The minimum Gasteiger partial charge on any atom is -0.414 e. The molecule has 1 aromatic carbocycles. The number of aromatic nitrogens is 2. The van der Waals surface area contributed by atoms with Crippen LogP contribution in [0.2, 0.25) is 36.3 Å². The monoisotopic (exact) mass is 739 g/mol. The largest absolute Gasteiger partial charge is 0.471 e. The first-order chi connectivity index (χ1) is 22.8. The molecule has 0 unspecified atom stereocenters. The van der Waals surface area contributed by atoms with Gasteiger partial charge in [-0.15, -0.1) is 0 Å². The van der Waals surface area contributed by atoms with Crippen molar-refractivity contribution in [1.82, 2.24) is 14.9 Å². The van der Waals surface area contributed by atoms with Crippen LogP contribution in [0, 0.1) is 22.0 Å². The van der Waals surface area contributed by atoms with E-state index >= 15 is 0 Å². The summed E-state index contributed by atoms with van der Waals surface area (Å²) in [5, 5.41) is 16.3. The van der Waals surface area contributed by atoms with Gasteiger partial charge in [0.2, 0.25) is 0 Å². The average Bonchev–Trinajstić information content (AvgIpc) is 3.37. The second kappa shape index (κ2) is 15.4. The summed E-state index contributed by atoms with van der Waals surface area (Å²) >= 11 is 0. The number of ether oxygens (including phenoxy) is 1. The Morgan fingerprint density at radius 1 is 1.10 bits per heavy atom. The Hall–Kier alpha value is -3.57. The molecule has 0 aliphatic carbocycles. The van der Waals surface area contributed by atoms with Crippen LogP contribution in [0.5, 0.6) is 0 Å². The van der Waals surface area contributed by atoms with Crippen molar-refractivity contribution < 1.29 is 36.5 Å². The number of benzene rings is 1. The lowest BCUT2D eigenvalue weighted by molar-refractivity contribution is -0.385. The fourth-order valence-corrected chi connectivity index (χ4v) is 6.83. The van der Waals surface area contributed by atoms with E-state index in [1.54, 1.807) is 17.6 Å². The second-order valence-corrected chi connectivity index (χ2v) is 24.9. The number of carbonyl (C=O) groups excluding carboxylic acids is 1. The smallest absolute Gasteiger partial charge is 0.414 e. The molecule has 1 aliphatic rings. The van der Waals surface area contributed by atoms with Crippen LogP contribution in [0.3, 0.4) is 0 Å². The van der Waals surface area contributed by atoms with E-state index in [9.17, 15) is 32.9 Å². The molecule has 17 heteroatoms. The molecule has 12 nitrogen and oxygen atoms in total. The Labute approximate surface area is 292 Å². The third-order valence-electron chi connectivity index (χ3n) is 9.56. The Kier molecular flexibility index (Phi) is 12.5. The highest BCUT2D eigenvalue weighted by atomic mass is 28.4. The van der Waals surface area contributed by atoms with Crippen LogP contribution in [0.1, 0.15) is 65.3 Å². The number of carbonyl (C=O) groups is 1. The van der Waals surface area contributed by atoms with Crippen molar-refractivity contribution in [2.24, 2.45) is 0 Å². The standard InChI is InChI=1S/C33H48F3N5O7Si2/c1-31(2,3)49(7,8)46-21-26-25(48-50(9,10)32(4,5)6)19-28(47-26)40-17-15-27(39-30(40)43)38-20-23-14-13-22(18-24(23)41(44)45)12-11-16-37-29(42)33(34,35)36/h13-15,17-18,25-26,28H,16,19-21H2,1-10H3,(H,37,42)(H,38,39,43)/t25-,26-,28-/m1/s1. The van der Waals surface area contributed by atoms with Gasteiger partial charge < -0.3 is 24.2 Å². The molecule has 0 spiro atoms. The molecule has 50 heavy (non-hydrogen) atoms. The summed E-state index contributed by atoms with van der Waals surface area (Å²) in [7, 11) is -4.30. The molecule has 2 N–H and O–H groups in total. The summed E-state index contributed by atoms with van der Waals surface area (Å²) in [6, 6.07) is 5.64. The van der Waals surface area contributed by atoms with Gasteiger partial charge in [0, 0.05) is 36.4 Å². The van der Waals surface area contributed by atoms with Crippen molar-refractivity contribution in [2.75, 3.05) is 18.5 Å². The van der Waals surface area contributed by atoms with Crippen molar-refractivity contribution in [2.45, 2.75) is 115 Å². The summed E-state index contributed by atoms with van der Waals surface area (Å²) in [5.74, 6) is 2.89. The maximum absolute atomic E-state index is 13.3. The zero-order valence-corrected chi connectivity index (χ0v) is 32.3. The Morgan fingerprint density at radius 3 is 2.30 bits per heavy atom. The minimum absolute atomic E-state index is 0.00366. The summed E-state index contributed by atoms with van der Waals surface area (Å²) in [5.41, 5.74) is -0.445. The van der Waals surface area contributed by atoms with Crippen molar-refractivity contribution >= 4 is 34.0 Å². The van der Waals surface area contributed by atoms with E-state index in [0.717, 1.165) is 0 Å². The van der Waals surface area contributed by atoms with Gasteiger partial charge in [-0.1, -0.05) is 53.4 Å². The van der Waals surface area contributed by atoms with Crippen molar-refractivity contribution in [3.63, 3.8) is 0 Å². The molecule has 1 fully saturated rings. The van der Waals surface area contributed by atoms with Gasteiger partial charge in [0.1, 0.15) is 18.1 Å². The fourth-order valence-electron chi connectivity index (χ4n) is 4.46. The highest BCUT2D eigenvalue weighted by Crippen LogP contribution is 2.42. The lowest BCUT2D eigenvalue weighted by Crippen LogP contribution is -2.48. The Bertz CT molecular complexity index is 1670. The van der Waals surface area contributed by atoms with Gasteiger partial charge in [0.15, 0.2) is 16.6 Å². The number of nitrogens with zero attached hydrogens (tertiary/aromatic N) is 3. The molecule has 276 valence electrons. The predicted octanol–water partition coefficient (Wildman–Crippen LogP) is 6.49. The van der Waals surface area contributed by atoms with Crippen molar-refractivity contribution in [3.05, 3.63) is 62.2 Å². The molecular formula is C33H48F3N5O7Si2. The van der Waals surface area contributed by atoms with Crippen LogP contribution in [0.4, 0.5) is 24.7 Å². The van der Waals surface area contributed by atoms with E-state index in [1.807, 2.05) is 0 Å². The molecule has 1 aliphatic heterocycles. The number of hydrogen-bond donors (Lipinski definition) is 2. The molecule has 1 aromatic heterocycles. The van der Waals surface area contributed by atoms with Gasteiger partial charge in [0.05, 0.1) is 24.2 Å². The number of rotatable bonds is 11. The summed E-state index contributed by atoms with van der Waals surface area (Å²) in [6.07, 6.45) is -4.35. The molecule has 3 atom stereocenters. The van der Waals surface area contributed by atoms with Gasteiger partial charge in [-0.25, -0.2) is 4.79 Å². The zero-order chi connectivity index (χ0) is 37.9. The van der Waals surface area contributed by atoms with Crippen LogP contribution in [0.15, 0.2) is 35.3 Å². The minimum atomic E-state index is -5.04. The lowest BCUT2D eigenvalue weighted by Gasteiger charge is -2.40. The fraction of sp³-hybridized carbons (Fsp3) is 0.606. The number of nitro groups is 1.